The smallest absolute Gasteiger partial charge is 0.225 e. The van der Waals surface area contributed by atoms with Crippen molar-refractivity contribution in [2.75, 3.05) is 19.6 Å². The van der Waals surface area contributed by atoms with Crippen molar-refractivity contribution in [3.8, 4) is 0 Å². The largest absolute Gasteiger partial charge is 0.341 e. The SMILES string of the molecule is CCCCC(CC)C(=O)N(CC(C)C)CC1CCCN1. The van der Waals surface area contributed by atoms with Crippen LogP contribution < -0.4 is 5.32 Å². The molecule has 1 fully saturated rings. The van der Waals surface area contributed by atoms with Gasteiger partial charge in [0.2, 0.25) is 5.91 Å². The van der Waals surface area contributed by atoms with Crippen LogP contribution >= 0.6 is 0 Å². The van der Waals surface area contributed by atoms with Crippen LogP contribution in [0.5, 0.6) is 0 Å². The van der Waals surface area contributed by atoms with E-state index in [-0.39, 0.29) is 5.92 Å². The van der Waals surface area contributed by atoms with E-state index in [1.807, 2.05) is 0 Å². The van der Waals surface area contributed by atoms with Gasteiger partial charge in [-0.25, -0.2) is 0 Å². The summed E-state index contributed by atoms with van der Waals surface area (Å²) in [6, 6.07) is 0.515. The Morgan fingerprint density at radius 1 is 1.35 bits per heavy atom. The molecule has 118 valence electrons. The third kappa shape index (κ3) is 5.82. The van der Waals surface area contributed by atoms with Gasteiger partial charge in [0.15, 0.2) is 0 Å². The highest BCUT2D eigenvalue weighted by Crippen LogP contribution is 2.18. The standard InChI is InChI=1S/C17H34N2O/c1-5-7-9-15(6-2)17(20)19(12-14(3)4)13-16-10-8-11-18-16/h14-16,18H,5-13H2,1-4H3. The van der Waals surface area contributed by atoms with Gasteiger partial charge in [-0.1, -0.05) is 40.5 Å². The normalized spacial score (nSPS) is 20.4. The second-order valence-electron chi connectivity index (χ2n) is 6.68. The summed E-state index contributed by atoms with van der Waals surface area (Å²) in [5.74, 6) is 1.17. The number of hydrogen-bond acceptors (Lipinski definition) is 2. The van der Waals surface area contributed by atoms with Crippen molar-refractivity contribution in [3.05, 3.63) is 0 Å². The molecule has 3 nitrogen and oxygen atoms in total. The minimum absolute atomic E-state index is 0.232. The molecule has 0 aromatic carbocycles. The van der Waals surface area contributed by atoms with Crippen molar-refractivity contribution in [3.63, 3.8) is 0 Å². The Hall–Kier alpha value is -0.570. The van der Waals surface area contributed by atoms with Gasteiger partial charge in [0, 0.05) is 25.0 Å². The topological polar surface area (TPSA) is 32.3 Å². The number of nitrogens with one attached hydrogen (secondary N) is 1. The van der Waals surface area contributed by atoms with Gasteiger partial charge in [0.05, 0.1) is 0 Å². The summed E-state index contributed by atoms with van der Waals surface area (Å²) < 4.78 is 0. The molecule has 0 aromatic rings. The Bertz CT molecular complexity index is 272. The van der Waals surface area contributed by atoms with E-state index in [0.717, 1.165) is 32.5 Å². The zero-order valence-electron chi connectivity index (χ0n) is 14.0. The predicted octanol–water partition coefficient (Wildman–Crippen LogP) is 3.44. The maximum Gasteiger partial charge on any atom is 0.225 e. The lowest BCUT2D eigenvalue weighted by atomic mass is 9.97. The number of amides is 1. The summed E-state index contributed by atoms with van der Waals surface area (Å²) in [6.45, 7) is 11.7. The molecule has 1 amide bonds. The van der Waals surface area contributed by atoms with E-state index >= 15 is 0 Å². The van der Waals surface area contributed by atoms with Gasteiger partial charge < -0.3 is 10.2 Å². The Morgan fingerprint density at radius 3 is 2.60 bits per heavy atom. The van der Waals surface area contributed by atoms with Crippen LogP contribution in [0.4, 0.5) is 0 Å². The lowest BCUT2D eigenvalue weighted by molar-refractivity contribution is -0.136. The van der Waals surface area contributed by atoms with E-state index in [0.29, 0.717) is 17.9 Å². The summed E-state index contributed by atoms with van der Waals surface area (Å²) in [7, 11) is 0. The molecule has 3 heteroatoms. The van der Waals surface area contributed by atoms with Crippen molar-refractivity contribution in [2.24, 2.45) is 11.8 Å². The molecule has 1 aliphatic heterocycles. The number of hydrogen-bond donors (Lipinski definition) is 1. The monoisotopic (exact) mass is 282 g/mol. The molecular formula is C17H34N2O. The zero-order valence-corrected chi connectivity index (χ0v) is 14.0. The number of rotatable bonds is 9. The van der Waals surface area contributed by atoms with Gasteiger partial charge in [0.25, 0.3) is 0 Å². The Labute approximate surface area is 125 Å². The number of carbonyl (C=O) groups is 1. The quantitative estimate of drug-likeness (QED) is 0.702. The van der Waals surface area contributed by atoms with Crippen molar-refractivity contribution >= 4 is 5.91 Å². The molecule has 2 atom stereocenters. The minimum atomic E-state index is 0.232. The van der Waals surface area contributed by atoms with E-state index < -0.39 is 0 Å². The highest BCUT2D eigenvalue weighted by Gasteiger charge is 2.26. The molecule has 0 aromatic heterocycles. The molecule has 2 unspecified atom stereocenters. The highest BCUT2D eigenvalue weighted by molar-refractivity contribution is 5.78. The summed E-state index contributed by atoms with van der Waals surface area (Å²) in [4.78, 5) is 14.9. The van der Waals surface area contributed by atoms with Gasteiger partial charge in [0.1, 0.15) is 0 Å². The molecule has 1 N–H and O–H groups in total. The van der Waals surface area contributed by atoms with Crippen molar-refractivity contribution in [1.82, 2.24) is 10.2 Å². The van der Waals surface area contributed by atoms with Gasteiger partial charge in [-0.05, 0) is 38.1 Å². The van der Waals surface area contributed by atoms with Crippen LogP contribution in [-0.2, 0) is 4.79 Å². The number of carbonyl (C=O) groups excluding carboxylic acids is 1. The first-order chi connectivity index (χ1) is 9.58. The van der Waals surface area contributed by atoms with Crippen LogP contribution in [0.15, 0.2) is 0 Å². The molecule has 0 spiro atoms. The summed E-state index contributed by atoms with van der Waals surface area (Å²) in [6.07, 6.45) is 6.85. The van der Waals surface area contributed by atoms with Crippen molar-refractivity contribution < 1.29 is 4.79 Å². The number of unbranched alkanes of at least 4 members (excludes halogenated alkanes) is 1. The van der Waals surface area contributed by atoms with Crippen LogP contribution in [0.2, 0.25) is 0 Å². The third-order valence-electron chi connectivity index (χ3n) is 4.25. The fraction of sp³-hybridized carbons (Fsp3) is 0.941. The maximum absolute atomic E-state index is 12.8. The fourth-order valence-corrected chi connectivity index (χ4v) is 3.08. The van der Waals surface area contributed by atoms with Gasteiger partial charge in [-0.3, -0.25) is 4.79 Å². The van der Waals surface area contributed by atoms with E-state index in [1.165, 1.54) is 25.7 Å². The van der Waals surface area contributed by atoms with Crippen LogP contribution in [0.3, 0.4) is 0 Å². The molecule has 1 heterocycles. The molecule has 0 bridgehead atoms. The second-order valence-corrected chi connectivity index (χ2v) is 6.68. The lowest BCUT2D eigenvalue weighted by Gasteiger charge is -2.31. The first kappa shape index (κ1) is 17.5. The summed E-state index contributed by atoms with van der Waals surface area (Å²) in [5, 5.41) is 3.52. The molecule has 0 radical (unpaired) electrons. The molecular weight excluding hydrogens is 248 g/mol. The average molecular weight is 282 g/mol. The molecule has 1 rings (SSSR count). The van der Waals surface area contributed by atoms with Gasteiger partial charge >= 0.3 is 0 Å². The lowest BCUT2D eigenvalue weighted by Crippen LogP contribution is -2.45. The van der Waals surface area contributed by atoms with E-state index in [1.54, 1.807) is 0 Å². The Morgan fingerprint density at radius 2 is 2.10 bits per heavy atom. The Balaban J connectivity index is 2.60. The maximum atomic E-state index is 12.8. The zero-order chi connectivity index (χ0) is 15.0. The minimum Gasteiger partial charge on any atom is -0.341 e. The van der Waals surface area contributed by atoms with Crippen molar-refractivity contribution in [2.45, 2.75) is 72.3 Å². The molecule has 0 aliphatic carbocycles. The molecule has 1 saturated heterocycles. The van der Waals surface area contributed by atoms with Crippen LogP contribution in [0.1, 0.15) is 66.2 Å². The molecule has 1 aliphatic rings. The average Bonchev–Trinajstić information content (AvgIpc) is 2.91. The van der Waals surface area contributed by atoms with E-state index in [9.17, 15) is 4.79 Å². The van der Waals surface area contributed by atoms with E-state index in [2.05, 4.69) is 37.9 Å². The summed E-state index contributed by atoms with van der Waals surface area (Å²) >= 11 is 0. The summed E-state index contributed by atoms with van der Waals surface area (Å²) in [5.41, 5.74) is 0. The first-order valence-electron chi connectivity index (χ1n) is 8.60. The predicted molar refractivity (Wildman–Crippen MR) is 85.7 cm³/mol. The Kier molecular flexibility index (Phi) is 8.20. The first-order valence-corrected chi connectivity index (χ1v) is 8.60. The second kappa shape index (κ2) is 9.38. The number of nitrogens with zero attached hydrogens (tertiary/aromatic N) is 1. The van der Waals surface area contributed by atoms with Crippen LogP contribution in [0, 0.1) is 11.8 Å². The van der Waals surface area contributed by atoms with Crippen LogP contribution in [-0.4, -0.2) is 36.5 Å². The molecule has 0 saturated carbocycles. The fourth-order valence-electron chi connectivity index (χ4n) is 3.08. The van der Waals surface area contributed by atoms with Crippen LogP contribution in [0.25, 0.3) is 0 Å². The molecule has 20 heavy (non-hydrogen) atoms. The van der Waals surface area contributed by atoms with Gasteiger partial charge in [-0.2, -0.15) is 0 Å². The van der Waals surface area contributed by atoms with Gasteiger partial charge in [-0.15, -0.1) is 0 Å². The third-order valence-corrected chi connectivity index (χ3v) is 4.25. The van der Waals surface area contributed by atoms with Crippen molar-refractivity contribution in [1.29, 1.82) is 0 Å². The van der Waals surface area contributed by atoms with E-state index in [4.69, 9.17) is 0 Å². The highest BCUT2D eigenvalue weighted by atomic mass is 16.2.